The van der Waals surface area contributed by atoms with E-state index >= 15 is 0 Å². The average molecular weight is 207 g/mol. The van der Waals surface area contributed by atoms with Gasteiger partial charge in [0.1, 0.15) is 6.04 Å². The second kappa shape index (κ2) is 4.59. The van der Waals surface area contributed by atoms with Crippen LogP contribution in [0.2, 0.25) is 0 Å². The number of carboxylic acids is 1. The van der Waals surface area contributed by atoms with Crippen molar-refractivity contribution in [1.29, 1.82) is 0 Å². The minimum Gasteiger partial charge on any atom is -0.480 e. The molecule has 0 spiro atoms. The average Bonchev–Trinajstić information content (AvgIpc) is 2.18. The molecule has 0 radical (unpaired) electrons. The molecule has 2 N–H and O–H groups in total. The fourth-order valence-corrected chi connectivity index (χ4v) is 1.16. The Morgan fingerprint density at radius 2 is 1.93 bits per heavy atom. The van der Waals surface area contributed by atoms with E-state index in [9.17, 15) is 9.59 Å². The molecular formula is C11H13NO3. The Balaban J connectivity index is 2.78. The maximum atomic E-state index is 11.6. The number of hydrogen-bond donors (Lipinski definition) is 2. The molecule has 0 aliphatic carbocycles. The first-order valence-corrected chi connectivity index (χ1v) is 4.61. The van der Waals surface area contributed by atoms with E-state index < -0.39 is 12.0 Å². The number of amides is 1. The molecule has 0 saturated carbocycles. The molecule has 0 bridgehead atoms. The predicted octanol–water partition coefficient (Wildman–Crippen LogP) is 1.20. The predicted molar refractivity (Wildman–Crippen MR) is 55.7 cm³/mol. The zero-order chi connectivity index (χ0) is 11.4. The molecule has 1 atom stereocenters. The van der Waals surface area contributed by atoms with E-state index in [1.54, 1.807) is 25.1 Å². The molecule has 0 aliphatic heterocycles. The number of carbonyl (C=O) groups excluding carboxylic acids is 1. The zero-order valence-electron chi connectivity index (χ0n) is 8.65. The summed E-state index contributed by atoms with van der Waals surface area (Å²) in [5.41, 5.74) is 1.33. The Labute approximate surface area is 87.9 Å². The number of rotatable bonds is 3. The molecule has 0 heterocycles. The first-order valence-electron chi connectivity index (χ1n) is 4.61. The Kier molecular flexibility index (Phi) is 3.44. The van der Waals surface area contributed by atoms with Crippen LogP contribution in [0, 0.1) is 6.92 Å². The highest BCUT2D eigenvalue weighted by Gasteiger charge is 2.15. The minimum atomic E-state index is -1.04. The molecule has 0 aliphatic rings. The molecule has 80 valence electrons. The highest BCUT2D eigenvalue weighted by molar-refractivity contribution is 5.97. The fraction of sp³-hybridized carbons (Fsp3) is 0.273. The number of benzene rings is 1. The summed E-state index contributed by atoms with van der Waals surface area (Å²) in [7, 11) is 0. The van der Waals surface area contributed by atoms with Gasteiger partial charge in [0.15, 0.2) is 0 Å². The number of aryl methyl sites for hydroxylation is 1. The van der Waals surface area contributed by atoms with Gasteiger partial charge in [-0.1, -0.05) is 18.2 Å². The van der Waals surface area contributed by atoms with E-state index in [1.165, 1.54) is 6.92 Å². The molecule has 4 heteroatoms. The molecule has 4 nitrogen and oxygen atoms in total. The number of carbonyl (C=O) groups is 2. The summed E-state index contributed by atoms with van der Waals surface area (Å²) in [5, 5.41) is 11.0. The van der Waals surface area contributed by atoms with E-state index in [0.717, 1.165) is 5.56 Å². The summed E-state index contributed by atoms with van der Waals surface area (Å²) < 4.78 is 0. The van der Waals surface area contributed by atoms with Gasteiger partial charge >= 0.3 is 5.97 Å². The van der Waals surface area contributed by atoms with E-state index in [-0.39, 0.29) is 5.91 Å². The van der Waals surface area contributed by atoms with Crippen LogP contribution in [0.3, 0.4) is 0 Å². The number of hydrogen-bond acceptors (Lipinski definition) is 2. The van der Waals surface area contributed by atoms with Crippen LogP contribution in [0.25, 0.3) is 0 Å². The van der Waals surface area contributed by atoms with E-state index in [1.807, 2.05) is 6.07 Å². The van der Waals surface area contributed by atoms with Crippen LogP contribution in [0.1, 0.15) is 22.8 Å². The zero-order valence-corrected chi connectivity index (χ0v) is 8.65. The van der Waals surface area contributed by atoms with Crippen LogP contribution in [-0.2, 0) is 4.79 Å². The normalized spacial score (nSPS) is 11.9. The smallest absolute Gasteiger partial charge is 0.325 e. The summed E-state index contributed by atoms with van der Waals surface area (Å²) >= 11 is 0. The second-order valence-corrected chi connectivity index (χ2v) is 3.35. The lowest BCUT2D eigenvalue weighted by molar-refractivity contribution is -0.138. The van der Waals surface area contributed by atoms with Gasteiger partial charge in [0, 0.05) is 5.56 Å². The van der Waals surface area contributed by atoms with Crippen LogP contribution >= 0.6 is 0 Å². The maximum Gasteiger partial charge on any atom is 0.325 e. The molecule has 1 aromatic rings. The third-order valence-corrected chi connectivity index (χ3v) is 2.11. The van der Waals surface area contributed by atoms with Crippen molar-refractivity contribution in [3.05, 3.63) is 35.4 Å². The highest BCUT2D eigenvalue weighted by atomic mass is 16.4. The van der Waals surface area contributed by atoms with Gasteiger partial charge in [0.25, 0.3) is 5.91 Å². The Morgan fingerprint density at radius 3 is 2.47 bits per heavy atom. The lowest BCUT2D eigenvalue weighted by Crippen LogP contribution is -2.38. The van der Waals surface area contributed by atoms with Crippen LogP contribution < -0.4 is 5.32 Å². The van der Waals surface area contributed by atoms with Crippen molar-refractivity contribution in [2.45, 2.75) is 19.9 Å². The molecule has 1 aromatic carbocycles. The van der Waals surface area contributed by atoms with Gasteiger partial charge in [-0.25, -0.2) is 0 Å². The molecule has 0 fully saturated rings. The molecule has 0 saturated heterocycles. The number of aliphatic carboxylic acids is 1. The summed E-state index contributed by atoms with van der Waals surface area (Å²) in [6.07, 6.45) is 0. The molecule has 0 aromatic heterocycles. The molecule has 1 rings (SSSR count). The quantitative estimate of drug-likeness (QED) is 0.782. The summed E-state index contributed by atoms with van der Waals surface area (Å²) in [4.78, 5) is 22.1. The Morgan fingerprint density at radius 1 is 1.33 bits per heavy atom. The van der Waals surface area contributed by atoms with Gasteiger partial charge in [-0.15, -0.1) is 0 Å². The van der Waals surface area contributed by atoms with Gasteiger partial charge in [-0.3, -0.25) is 9.59 Å². The first kappa shape index (κ1) is 11.2. The second-order valence-electron chi connectivity index (χ2n) is 3.35. The topological polar surface area (TPSA) is 66.4 Å². The van der Waals surface area contributed by atoms with Gasteiger partial charge < -0.3 is 10.4 Å². The lowest BCUT2D eigenvalue weighted by Gasteiger charge is -2.10. The molecular weight excluding hydrogens is 194 g/mol. The third-order valence-electron chi connectivity index (χ3n) is 2.11. The van der Waals surface area contributed by atoms with Gasteiger partial charge in [-0.05, 0) is 25.5 Å². The maximum absolute atomic E-state index is 11.6. The Bertz CT molecular complexity index is 387. The van der Waals surface area contributed by atoms with Crippen LogP contribution in [0.5, 0.6) is 0 Å². The van der Waals surface area contributed by atoms with Crippen LogP contribution in [0.15, 0.2) is 24.3 Å². The largest absolute Gasteiger partial charge is 0.480 e. The minimum absolute atomic E-state index is 0.358. The SMILES string of the molecule is Cc1ccccc1C(=O)N[C@H](C)C(=O)O. The Hall–Kier alpha value is -1.84. The molecule has 0 unspecified atom stereocenters. The van der Waals surface area contributed by atoms with E-state index in [0.29, 0.717) is 5.56 Å². The summed E-state index contributed by atoms with van der Waals surface area (Å²) in [6, 6.07) is 6.16. The van der Waals surface area contributed by atoms with Gasteiger partial charge in [-0.2, -0.15) is 0 Å². The van der Waals surface area contributed by atoms with Crippen molar-refractivity contribution in [3.8, 4) is 0 Å². The van der Waals surface area contributed by atoms with Crippen LogP contribution in [0.4, 0.5) is 0 Å². The first-order chi connectivity index (χ1) is 7.02. The lowest BCUT2D eigenvalue weighted by atomic mass is 10.1. The number of nitrogens with one attached hydrogen (secondary N) is 1. The van der Waals surface area contributed by atoms with Crippen molar-refractivity contribution in [3.63, 3.8) is 0 Å². The fourth-order valence-electron chi connectivity index (χ4n) is 1.16. The molecule has 15 heavy (non-hydrogen) atoms. The van der Waals surface area contributed by atoms with E-state index in [4.69, 9.17) is 5.11 Å². The van der Waals surface area contributed by atoms with Crippen molar-refractivity contribution < 1.29 is 14.7 Å². The molecule has 1 amide bonds. The van der Waals surface area contributed by atoms with Gasteiger partial charge in [0.05, 0.1) is 0 Å². The van der Waals surface area contributed by atoms with Crippen LogP contribution in [-0.4, -0.2) is 23.0 Å². The van der Waals surface area contributed by atoms with Crippen molar-refractivity contribution in [2.24, 2.45) is 0 Å². The van der Waals surface area contributed by atoms with Crippen molar-refractivity contribution in [1.82, 2.24) is 5.32 Å². The van der Waals surface area contributed by atoms with Crippen molar-refractivity contribution >= 4 is 11.9 Å². The summed E-state index contributed by atoms with van der Waals surface area (Å²) in [6.45, 7) is 3.23. The standard InChI is InChI=1S/C11H13NO3/c1-7-5-3-4-6-9(7)10(13)12-8(2)11(14)15/h3-6,8H,1-2H3,(H,12,13)(H,14,15)/t8-/m1/s1. The third kappa shape index (κ3) is 2.80. The summed E-state index contributed by atoms with van der Waals surface area (Å²) in [5.74, 6) is -1.40. The van der Waals surface area contributed by atoms with Crippen molar-refractivity contribution in [2.75, 3.05) is 0 Å². The highest BCUT2D eigenvalue weighted by Crippen LogP contribution is 2.06. The van der Waals surface area contributed by atoms with E-state index in [2.05, 4.69) is 5.32 Å². The van der Waals surface area contributed by atoms with Gasteiger partial charge in [0.2, 0.25) is 0 Å². The monoisotopic (exact) mass is 207 g/mol. The number of carboxylic acid groups (broad SMARTS) is 1.